The first-order chi connectivity index (χ1) is 12.6. The number of hydrogen-bond donors (Lipinski definition) is 2. The summed E-state index contributed by atoms with van der Waals surface area (Å²) < 4.78 is 1.65. The maximum Gasteiger partial charge on any atom is 0.209 e. The van der Waals surface area contributed by atoms with E-state index < -0.39 is 0 Å². The number of benzene rings is 1. The average molecular weight is 348 g/mol. The molecule has 0 bridgehead atoms. The molecule has 0 saturated heterocycles. The fraction of sp³-hybridized carbons (Fsp3) is 0.167. The van der Waals surface area contributed by atoms with E-state index in [9.17, 15) is 9.59 Å². The third-order valence-corrected chi connectivity index (χ3v) is 4.36. The van der Waals surface area contributed by atoms with Crippen LogP contribution in [0.5, 0.6) is 0 Å². The molecular formula is C18H16N6O2. The highest BCUT2D eigenvalue weighted by atomic mass is 16.1. The van der Waals surface area contributed by atoms with E-state index in [1.165, 1.54) is 12.4 Å². The number of hydrogen-bond acceptors (Lipinski definition) is 7. The largest absolute Gasteiger partial charge is 0.383 e. The Morgan fingerprint density at radius 1 is 1.15 bits per heavy atom. The normalized spacial score (nSPS) is 13.7. The number of carbonyl (C=O) groups is 2. The SMILES string of the molecule is Cn1nc(CCNC2=CC(=O)c3ccccc3C2=O)c2c(N)ncnc21. The van der Waals surface area contributed by atoms with Crippen molar-refractivity contribution >= 4 is 28.4 Å². The highest BCUT2D eigenvalue weighted by molar-refractivity contribution is 6.24. The zero-order chi connectivity index (χ0) is 18.3. The van der Waals surface area contributed by atoms with Crippen molar-refractivity contribution in [2.45, 2.75) is 6.42 Å². The molecule has 0 unspecified atom stereocenters. The summed E-state index contributed by atoms with van der Waals surface area (Å²) in [5.74, 6) is 0.00715. The van der Waals surface area contributed by atoms with Gasteiger partial charge in [-0.3, -0.25) is 14.3 Å². The number of nitrogens with two attached hydrogens (primary N) is 1. The first-order valence-corrected chi connectivity index (χ1v) is 8.12. The molecule has 0 fully saturated rings. The second kappa shape index (κ2) is 6.07. The molecule has 0 amide bonds. The highest BCUT2D eigenvalue weighted by Crippen LogP contribution is 2.22. The van der Waals surface area contributed by atoms with E-state index in [-0.39, 0.29) is 17.3 Å². The number of nitrogen functional groups attached to an aromatic ring is 1. The molecule has 8 heteroatoms. The van der Waals surface area contributed by atoms with Gasteiger partial charge in [0.15, 0.2) is 11.4 Å². The van der Waals surface area contributed by atoms with Gasteiger partial charge in [0.2, 0.25) is 5.78 Å². The third kappa shape index (κ3) is 2.52. The van der Waals surface area contributed by atoms with Crippen LogP contribution in [0.25, 0.3) is 11.0 Å². The molecule has 0 aliphatic heterocycles. The first-order valence-electron chi connectivity index (χ1n) is 8.12. The summed E-state index contributed by atoms with van der Waals surface area (Å²) in [6, 6.07) is 6.81. The van der Waals surface area contributed by atoms with E-state index >= 15 is 0 Å². The fourth-order valence-electron chi connectivity index (χ4n) is 3.13. The Kier molecular flexibility index (Phi) is 3.72. The number of anilines is 1. The Labute approximate surface area is 148 Å². The van der Waals surface area contributed by atoms with Crippen molar-refractivity contribution in [3.05, 3.63) is 59.2 Å². The van der Waals surface area contributed by atoms with Crippen molar-refractivity contribution in [2.24, 2.45) is 7.05 Å². The Morgan fingerprint density at radius 3 is 2.73 bits per heavy atom. The highest BCUT2D eigenvalue weighted by Gasteiger charge is 2.25. The predicted molar refractivity (Wildman–Crippen MR) is 95.6 cm³/mol. The minimum atomic E-state index is -0.186. The van der Waals surface area contributed by atoms with Crippen LogP contribution in [-0.4, -0.2) is 37.9 Å². The molecule has 0 atom stereocenters. The number of carbonyl (C=O) groups excluding carboxylic acids is 2. The van der Waals surface area contributed by atoms with Gasteiger partial charge in [0.05, 0.1) is 16.8 Å². The maximum absolute atomic E-state index is 12.5. The van der Waals surface area contributed by atoms with Gasteiger partial charge in [0, 0.05) is 37.2 Å². The van der Waals surface area contributed by atoms with Crippen LogP contribution in [0.2, 0.25) is 0 Å². The van der Waals surface area contributed by atoms with Crippen LogP contribution in [-0.2, 0) is 13.5 Å². The summed E-state index contributed by atoms with van der Waals surface area (Å²) in [5, 5.41) is 8.18. The maximum atomic E-state index is 12.5. The molecule has 2 heterocycles. The summed E-state index contributed by atoms with van der Waals surface area (Å²) in [5.41, 5.74) is 8.48. The molecule has 3 N–H and O–H groups in total. The molecular weight excluding hydrogens is 332 g/mol. The van der Waals surface area contributed by atoms with Gasteiger partial charge in [-0.05, 0) is 0 Å². The number of aryl methyl sites for hydroxylation is 1. The predicted octanol–water partition coefficient (Wildman–Crippen LogP) is 1.04. The minimum Gasteiger partial charge on any atom is -0.383 e. The lowest BCUT2D eigenvalue weighted by molar-refractivity contribution is 0.0978. The summed E-state index contributed by atoms with van der Waals surface area (Å²) in [7, 11) is 1.79. The monoisotopic (exact) mass is 348 g/mol. The lowest BCUT2D eigenvalue weighted by Crippen LogP contribution is -2.28. The quantitative estimate of drug-likeness (QED) is 0.723. The lowest BCUT2D eigenvalue weighted by Gasteiger charge is -2.16. The standard InChI is InChI=1S/C18H16N6O2/c1-24-18-15(17(19)21-9-22-18)12(23-24)6-7-20-13-8-14(25)10-4-2-3-5-11(10)16(13)26/h2-5,8-9,20H,6-7H2,1H3,(H2,19,21,22). The number of rotatable bonds is 4. The Bertz CT molecular complexity index is 1080. The van der Waals surface area contributed by atoms with Crippen molar-refractivity contribution in [3.8, 4) is 0 Å². The molecule has 0 spiro atoms. The van der Waals surface area contributed by atoms with Gasteiger partial charge < -0.3 is 11.1 Å². The van der Waals surface area contributed by atoms with Gasteiger partial charge in [-0.25, -0.2) is 9.97 Å². The number of Topliss-reactive ketones (excluding diaryl/α,β-unsaturated/α-hetero) is 1. The summed E-state index contributed by atoms with van der Waals surface area (Å²) in [6.07, 6.45) is 3.25. The van der Waals surface area contributed by atoms with E-state index in [0.717, 1.165) is 5.69 Å². The lowest BCUT2D eigenvalue weighted by atomic mass is 9.93. The average Bonchev–Trinajstić information content (AvgIpc) is 2.96. The Balaban J connectivity index is 1.53. The van der Waals surface area contributed by atoms with Crippen LogP contribution >= 0.6 is 0 Å². The van der Waals surface area contributed by atoms with E-state index in [1.54, 1.807) is 36.0 Å². The van der Waals surface area contributed by atoms with Gasteiger partial charge in [-0.2, -0.15) is 5.10 Å². The molecule has 0 saturated carbocycles. The van der Waals surface area contributed by atoms with Crippen molar-refractivity contribution in [3.63, 3.8) is 0 Å². The first kappa shape index (κ1) is 15.9. The topological polar surface area (TPSA) is 116 Å². The fourth-order valence-corrected chi connectivity index (χ4v) is 3.13. The number of nitrogens with zero attached hydrogens (tertiary/aromatic N) is 4. The van der Waals surface area contributed by atoms with Gasteiger partial charge in [-0.1, -0.05) is 24.3 Å². The second-order valence-corrected chi connectivity index (χ2v) is 6.00. The molecule has 2 aromatic heterocycles. The zero-order valence-corrected chi connectivity index (χ0v) is 14.1. The van der Waals surface area contributed by atoms with Crippen LogP contribution in [0.3, 0.4) is 0 Å². The molecule has 3 aromatic rings. The van der Waals surface area contributed by atoms with E-state index in [0.29, 0.717) is 40.9 Å². The van der Waals surface area contributed by atoms with Crippen molar-refractivity contribution in [1.82, 2.24) is 25.1 Å². The molecule has 1 aliphatic carbocycles. The smallest absolute Gasteiger partial charge is 0.209 e. The van der Waals surface area contributed by atoms with Gasteiger partial charge >= 0.3 is 0 Å². The third-order valence-electron chi connectivity index (χ3n) is 4.36. The summed E-state index contributed by atoms with van der Waals surface area (Å²) in [6.45, 7) is 0.424. The molecule has 130 valence electrons. The number of nitrogens with one attached hydrogen (secondary N) is 1. The number of fused-ring (bicyclic) bond motifs is 2. The Hall–Kier alpha value is -3.55. The second-order valence-electron chi connectivity index (χ2n) is 6.00. The summed E-state index contributed by atoms with van der Waals surface area (Å²) >= 11 is 0. The molecule has 0 radical (unpaired) electrons. The summed E-state index contributed by atoms with van der Waals surface area (Å²) in [4.78, 5) is 32.9. The Morgan fingerprint density at radius 2 is 1.92 bits per heavy atom. The van der Waals surface area contributed by atoms with E-state index in [2.05, 4.69) is 20.4 Å². The minimum absolute atomic E-state index is 0.177. The van der Waals surface area contributed by atoms with Crippen molar-refractivity contribution < 1.29 is 9.59 Å². The molecule has 4 rings (SSSR count). The van der Waals surface area contributed by atoms with Crippen LogP contribution < -0.4 is 11.1 Å². The van der Waals surface area contributed by atoms with Gasteiger partial charge in [0.1, 0.15) is 12.1 Å². The molecule has 1 aliphatic rings. The molecule has 1 aromatic carbocycles. The van der Waals surface area contributed by atoms with E-state index in [1.807, 2.05) is 0 Å². The molecule has 8 nitrogen and oxygen atoms in total. The van der Waals surface area contributed by atoms with Crippen LogP contribution in [0.1, 0.15) is 26.4 Å². The van der Waals surface area contributed by atoms with Crippen LogP contribution in [0, 0.1) is 0 Å². The van der Waals surface area contributed by atoms with Crippen LogP contribution in [0.4, 0.5) is 5.82 Å². The van der Waals surface area contributed by atoms with Crippen molar-refractivity contribution in [1.29, 1.82) is 0 Å². The van der Waals surface area contributed by atoms with Gasteiger partial charge in [-0.15, -0.1) is 0 Å². The van der Waals surface area contributed by atoms with Crippen molar-refractivity contribution in [2.75, 3.05) is 12.3 Å². The van der Waals surface area contributed by atoms with Crippen LogP contribution in [0.15, 0.2) is 42.4 Å². The number of ketones is 2. The zero-order valence-electron chi connectivity index (χ0n) is 14.1. The van der Waals surface area contributed by atoms with E-state index in [4.69, 9.17) is 5.73 Å². The van der Waals surface area contributed by atoms with Gasteiger partial charge in [0.25, 0.3) is 0 Å². The molecule has 26 heavy (non-hydrogen) atoms. The number of allylic oxidation sites excluding steroid dienone is 2. The number of aromatic nitrogens is 4.